The molecule has 1 amide bonds. The molecule has 0 aromatic heterocycles. The summed E-state index contributed by atoms with van der Waals surface area (Å²) in [7, 11) is 0. The van der Waals surface area contributed by atoms with E-state index >= 15 is 0 Å². The van der Waals surface area contributed by atoms with Crippen LogP contribution >= 0.6 is 15.9 Å². The first-order chi connectivity index (χ1) is 8.43. The van der Waals surface area contributed by atoms with Gasteiger partial charge in [-0.1, -0.05) is 6.07 Å². The highest BCUT2D eigenvalue weighted by atomic mass is 79.9. The molecular weight excluding hydrogens is 299 g/mol. The van der Waals surface area contributed by atoms with Crippen molar-refractivity contribution in [2.24, 2.45) is 0 Å². The molecule has 1 aromatic rings. The van der Waals surface area contributed by atoms with Crippen molar-refractivity contribution in [3.63, 3.8) is 0 Å². The Bertz CT molecular complexity index is 476. The molecule has 0 spiro atoms. The third-order valence-corrected chi connectivity index (χ3v) is 4.03. The van der Waals surface area contributed by atoms with Gasteiger partial charge in [-0.15, -0.1) is 0 Å². The second-order valence-corrected chi connectivity index (χ2v) is 5.84. The van der Waals surface area contributed by atoms with Crippen LogP contribution in [0.3, 0.4) is 0 Å². The van der Waals surface area contributed by atoms with E-state index in [1.807, 2.05) is 13.8 Å². The Labute approximate surface area is 114 Å². The lowest BCUT2D eigenvalue weighted by Crippen LogP contribution is -2.59. The molecule has 0 unspecified atom stereocenters. The molecule has 0 aliphatic carbocycles. The van der Waals surface area contributed by atoms with E-state index in [2.05, 4.69) is 21.2 Å². The molecule has 0 atom stereocenters. The molecule has 1 aromatic carbocycles. The second kappa shape index (κ2) is 4.97. The van der Waals surface area contributed by atoms with Crippen molar-refractivity contribution >= 4 is 21.8 Å². The Kier molecular flexibility index (Phi) is 3.73. The standard InChI is InChI=1S/C13H16BrFN2O/c1-13(2)8-16-6-7-17(13)12(18)9-4-3-5-10(15)11(9)14/h3-5,16H,6-8H2,1-2H3. The third kappa shape index (κ3) is 2.42. The molecule has 1 heterocycles. The Morgan fingerprint density at radius 2 is 2.22 bits per heavy atom. The second-order valence-electron chi connectivity index (χ2n) is 5.05. The first-order valence-electron chi connectivity index (χ1n) is 5.90. The predicted octanol–water partition coefficient (Wildman–Crippen LogP) is 2.41. The molecule has 18 heavy (non-hydrogen) atoms. The lowest BCUT2D eigenvalue weighted by Gasteiger charge is -2.43. The summed E-state index contributed by atoms with van der Waals surface area (Å²) in [6.07, 6.45) is 0. The molecule has 0 radical (unpaired) electrons. The minimum absolute atomic E-state index is 0.132. The van der Waals surface area contributed by atoms with E-state index in [1.165, 1.54) is 6.07 Å². The number of hydrogen-bond acceptors (Lipinski definition) is 2. The van der Waals surface area contributed by atoms with Gasteiger partial charge in [0.1, 0.15) is 5.82 Å². The summed E-state index contributed by atoms with van der Waals surface area (Å²) in [5, 5.41) is 3.26. The zero-order valence-electron chi connectivity index (χ0n) is 10.5. The smallest absolute Gasteiger partial charge is 0.255 e. The van der Waals surface area contributed by atoms with Crippen LogP contribution in [0.1, 0.15) is 24.2 Å². The molecule has 1 N–H and O–H groups in total. The van der Waals surface area contributed by atoms with Gasteiger partial charge >= 0.3 is 0 Å². The van der Waals surface area contributed by atoms with Crippen LogP contribution in [-0.4, -0.2) is 36.0 Å². The Morgan fingerprint density at radius 1 is 1.50 bits per heavy atom. The lowest BCUT2D eigenvalue weighted by atomic mass is 9.98. The molecule has 1 fully saturated rings. The van der Waals surface area contributed by atoms with Gasteiger partial charge in [0.2, 0.25) is 0 Å². The van der Waals surface area contributed by atoms with Crippen LogP contribution in [0.15, 0.2) is 22.7 Å². The van der Waals surface area contributed by atoms with Crippen molar-refractivity contribution in [2.75, 3.05) is 19.6 Å². The van der Waals surface area contributed by atoms with Crippen LogP contribution in [-0.2, 0) is 0 Å². The average Bonchev–Trinajstić information content (AvgIpc) is 2.31. The van der Waals surface area contributed by atoms with E-state index in [4.69, 9.17) is 0 Å². The number of carbonyl (C=O) groups excluding carboxylic acids is 1. The van der Waals surface area contributed by atoms with E-state index in [0.29, 0.717) is 12.1 Å². The van der Waals surface area contributed by atoms with Gasteiger partial charge in [-0.2, -0.15) is 0 Å². The van der Waals surface area contributed by atoms with Crippen LogP contribution in [0, 0.1) is 5.82 Å². The van der Waals surface area contributed by atoms with Gasteiger partial charge < -0.3 is 10.2 Å². The van der Waals surface area contributed by atoms with E-state index in [-0.39, 0.29) is 15.9 Å². The fourth-order valence-corrected chi connectivity index (χ4v) is 2.61. The number of amides is 1. The van der Waals surface area contributed by atoms with Crippen LogP contribution in [0.25, 0.3) is 0 Å². The van der Waals surface area contributed by atoms with Gasteiger partial charge in [-0.25, -0.2) is 4.39 Å². The zero-order valence-corrected chi connectivity index (χ0v) is 12.1. The molecule has 5 heteroatoms. The Hall–Kier alpha value is -0.940. The molecule has 3 nitrogen and oxygen atoms in total. The van der Waals surface area contributed by atoms with Crippen molar-refractivity contribution in [3.05, 3.63) is 34.1 Å². The molecule has 1 aliphatic heterocycles. The number of nitrogens with zero attached hydrogens (tertiary/aromatic N) is 1. The highest BCUT2D eigenvalue weighted by molar-refractivity contribution is 9.10. The molecule has 0 saturated carbocycles. The zero-order chi connectivity index (χ0) is 13.3. The predicted molar refractivity (Wildman–Crippen MR) is 72.1 cm³/mol. The van der Waals surface area contributed by atoms with Crippen molar-refractivity contribution in [3.8, 4) is 0 Å². The van der Waals surface area contributed by atoms with Crippen LogP contribution in [0.2, 0.25) is 0 Å². The summed E-state index contributed by atoms with van der Waals surface area (Å²) in [6, 6.07) is 4.54. The maximum absolute atomic E-state index is 13.5. The van der Waals surface area contributed by atoms with E-state index < -0.39 is 5.82 Å². The number of carbonyl (C=O) groups is 1. The van der Waals surface area contributed by atoms with Gasteiger partial charge in [-0.05, 0) is 41.9 Å². The van der Waals surface area contributed by atoms with Gasteiger partial charge in [-0.3, -0.25) is 4.79 Å². The number of halogens is 2. The summed E-state index contributed by atoms with van der Waals surface area (Å²) in [6.45, 7) is 6.15. The van der Waals surface area contributed by atoms with Crippen LogP contribution in [0.4, 0.5) is 4.39 Å². The summed E-state index contributed by atoms with van der Waals surface area (Å²) in [5.41, 5.74) is 0.117. The normalized spacial score (nSPS) is 18.8. The van der Waals surface area contributed by atoms with Crippen molar-refractivity contribution in [1.82, 2.24) is 10.2 Å². The topological polar surface area (TPSA) is 32.3 Å². The minimum Gasteiger partial charge on any atom is -0.331 e. The maximum atomic E-state index is 13.5. The largest absolute Gasteiger partial charge is 0.331 e. The molecule has 0 bridgehead atoms. The number of benzene rings is 1. The SMILES string of the molecule is CC1(C)CNCCN1C(=O)c1cccc(F)c1Br. The molecule has 2 rings (SSSR count). The number of rotatable bonds is 1. The number of nitrogens with one attached hydrogen (secondary N) is 1. The van der Waals surface area contributed by atoms with Crippen molar-refractivity contribution in [1.29, 1.82) is 0 Å². The van der Waals surface area contributed by atoms with Gasteiger partial charge in [0.05, 0.1) is 15.6 Å². The third-order valence-electron chi connectivity index (χ3n) is 3.23. The van der Waals surface area contributed by atoms with Crippen molar-refractivity contribution in [2.45, 2.75) is 19.4 Å². The first-order valence-corrected chi connectivity index (χ1v) is 6.69. The van der Waals surface area contributed by atoms with E-state index in [9.17, 15) is 9.18 Å². The molecule has 98 valence electrons. The summed E-state index contributed by atoms with van der Waals surface area (Å²) < 4.78 is 13.7. The quantitative estimate of drug-likeness (QED) is 0.863. The minimum atomic E-state index is -0.409. The lowest BCUT2D eigenvalue weighted by molar-refractivity contribution is 0.0476. The maximum Gasteiger partial charge on any atom is 0.255 e. The van der Waals surface area contributed by atoms with Crippen LogP contribution in [0.5, 0.6) is 0 Å². The van der Waals surface area contributed by atoms with Gasteiger partial charge in [0.15, 0.2) is 0 Å². The summed E-state index contributed by atoms with van der Waals surface area (Å²) >= 11 is 3.15. The molecule has 1 aliphatic rings. The molecule has 1 saturated heterocycles. The fraction of sp³-hybridized carbons (Fsp3) is 0.462. The highest BCUT2D eigenvalue weighted by Crippen LogP contribution is 2.25. The first kappa shape index (κ1) is 13.5. The summed E-state index contributed by atoms with van der Waals surface area (Å²) in [4.78, 5) is 14.3. The number of piperazine rings is 1. The summed E-state index contributed by atoms with van der Waals surface area (Å²) in [5.74, 6) is -0.540. The van der Waals surface area contributed by atoms with Crippen molar-refractivity contribution < 1.29 is 9.18 Å². The van der Waals surface area contributed by atoms with Crippen LogP contribution < -0.4 is 5.32 Å². The van der Waals surface area contributed by atoms with Gasteiger partial charge in [0.25, 0.3) is 5.91 Å². The Morgan fingerprint density at radius 3 is 2.89 bits per heavy atom. The number of hydrogen-bond donors (Lipinski definition) is 1. The van der Waals surface area contributed by atoms with Gasteiger partial charge in [0, 0.05) is 19.6 Å². The fourth-order valence-electron chi connectivity index (χ4n) is 2.17. The monoisotopic (exact) mass is 314 g/mol. The average molecular weight is 315 g/mol. The van der Waals surface area contributed by atoms with E-state index in [0.717, 1.165) is 13.1 Å². The highest BCUT2D eigenvalue weighted by Gasteiger charge is 2.34. The molecular formula is C13H16BrFN2O. The van der Waals surface area contributed by atoms with E-state index in [1.54, 1.807) is 17.0 Å². The Balaban J connectivity index is 2.33.